The van der Waals surface area contributed by atoms with Gasteiger partial charge >= 0.3 is 0 Å². The third kappa shape index (κ3) is 5.09. The van der Waals surface area contributed by atoms with Crippen molar-refractivity contribution in [1.82, 2.24) is 20.2 Å². The van der Waals surface area contributed by atoms with Gasteiger partial charge in [-0.3, -0.25) is 14.8 Å². The quantitative estimate of drug-likeness (QED) is 0.335. The molecule has 0 aliphatic carbocycles. The number of nitrogens with zero attached hydrogens (tertiary/aromatic N) is 4. The highest BCUT2D eigenvalue weighted by Gasteiger charge is 2.22. The summed E-state index contributed by atoms with van der Waals surface area (Å²) in [5.41, 5.74) is 6.01. The van der Waals surface area contributed by atoms with Crippen LogP contribution in [-0.4, -0.2) is 33.2 Å². The number of hydrogen-bond donors (Lipinski definition) is 1. The number of benzene rings is 2. The van der Waals surface area contributed by atoms with Crippen LogP contribution in [0.3, 0.4) is 0 Å². The fourth-order valence-electron chi connectivity index (χ4n) is 3.71. The van der Waals surface area contributed by atoms with Crippen LogP contribution in [0.2, 0.25) is 0 Å². The minimum absolute atomic E-state index is 0.0586. The van der Waals surface area contributed by atoms with Gasteiger partial charge in [-0.1, -0.05) is 29.5 Å². The SMILES string of the molecule is COc1ccc(-c2nc(SCc3csc(N(C(C)=O)c4c(C)cc(C)cc4C)n3)n[nH]2)cc1. The lowest BCUT2D eigenvalue weighted by molar-refractivity contribution is -0.115. The molecule has 7 nitrogen and oxygen atoms in total. The third-order valence-electron chi connectivity index (χ3n) is 5.08. The number of thioether (sulfide) groups is 1. The summed E-state index contributed by atoms with van der Waals surface area (Å²) in [5, 5.41) is 10.6. The van der Waals surface area contributed by atoms with Crippen LogP contribution in [0.1, 0.15) is 29.3 Å². The highest BCUT2D eigenvalue weighted by molar-refractivity contribution is 7.98. The normalized spacial score (nSPS) is 10.9. The Bertz CT molecular complexity index is 1260. The van der Waals surface area contributed by atoms with Gasteiger partial charge < -0.3 is 4.74 Å². The van der Waals surface area contributed by atoms with Crippen LogP contribution in [0.25, 0.3) is 11.4 Å². The Hall–Kier alpha value is -3.17. The van der Waals surface area contributed by atoms with Gasteiger partial charge in [-0.15, -0.1) is 16.4 Å². The molecule has 0 saturated carbocycles. The highest BCUT2D eigenvalue weighted by atomic mass is 32.2. The number of methoxy groups -OCH3 is 1. The molecule has 1 N–H and O–H groups in total. The van der Waals surface area contributed by atoms with Crippen molar-refractivity contribution >= 4 is 39.8 Å². The second kappa shape index (κ2) is 9.76. The minimum Gasteiger partial charge on any atom is -0.497 e. The first-order valence-corrected chi connectivity index (χ1v) is 12.2. The Kier molecular flexibility index (Phi) is 6.80. The number of carbonyl (C=O) groups is 1. The van der Waals surface area contributed by atoms with Gasteiger partial charge in [0.2, 0.25) is 11.1 Å². The number of rotatable bonds is 7. The van der Waals surface area contributed by atoms with Crippen molar-refractivity contribution < 1.29 is 9.53 Å². The molecule has 0 saturated heterocycles. The van der Waals surface area contributed by atoms with E-state index in [2.05, 4.69) is 34.2 Å². The summed E-state index contributed by atoms with van der Waals surface area (Å²) in [6.45, 7) is 7.69. The van der Waals surface area contributed by atoms with E-state index in [0.717, 1.165) is 33.8 Å². The lowest BCUT2D eigenvalue weighted by atomic mass is 10.0. The molecule has 2 aromatic heterocycles. The molecule has 4 aromatic rings. The van der Waals surface area contributed by atoms with Crippen LogP contribution in [0.5, 0.6) is 5.75 Å². The fourth-order valence-corrected chi connectivity index (χ4v) is 5.37. The Labute approximate surface area is 201 Å². The number of hydrogen-bond acceptors (Lipinski definition) is 7. The molecule has 1 amide bonds. The number of aryl methyl sites for hydroxylation is 3. The number of anilines is 2. The van der Waals surface area contributed by atoms with E-state index in [1.165, 1.54) is 28.7 Å². The zero-order valence-electron chi connectivity index (χ0n) is 19.2. The van der Waals surface area contributed by atoms with Crippen LogP contribution in [0.4, 0.5) is 10.8 Å². The lowest BCUT2D eigenvalue weighted by Crippen LogP contribution is -2.24. The third-order valence-corrected chi connectivity index (χ3v) is 6.84. The Balaban J connectivity index is 1.48. The molecular weight excluding hydrogens is 454 g/mol. The van der Waals surface area contributed by atoms with Crippen molar-refractivity contribution in [2.75, 3.05) is 12.0 Å². The number of aromatic amines is 1. The van der Waals surface area contributed by atoms with Gasteiger partial charge in [0.1, 0.15) is 5.75 Å². The first kappa shape index (κ1) is 23.0. The van der Waals surface area contributed by atoms with Crippen molar-refractivity contribution in [2.45, 2.75) is 38.6 Å². The highest BCUT2D eigenvalue weighted by Crippen LogP contribution is 2.35. The zero-order valence-corrected chi connectivity index (χ0v) is 20.8. The number of carbonyl (C=O) groups excluding carboxylic acids is 1. The van der Waals surface area contributed by atoms with Crippen LogP contribution < -0.4 is 9.64 Å². The molecule has 170 valence electrons. The molecule has 0 aliphatic heterocycles. The zero-order chi connectivity index (χ0) is 23.5. The first-order chi connectivity index (χ1) is 15.9. The van der Waals surface area contributed by atoms with Gasteiger partial charge in [0, 0.05) is 23.6 Å². The number of thiazole rings is 1. The van der Waals surface area contributed by atoms with Gasteiger partial charge in [0.15, 0.2) is 11.0 Å². The smallest absolute Gasteiger partial charge is 0.230 e. The molecule has 2 aromatic carbocycles. The fraction of sp³-hybridized carbons (Fsp3) is 0.250. The minimum atomic E-state index is -0.0586. The molecular formula is C24H25N5O2S2. The molecule has 0 aliphatic rings. The maximum Gasteiger partial charge on any atom is 0.230 e. The molecule has 9 heteroatoms. The number of ether oxygens (including phenoxy) is 1. The lowest BCUT2D eigenvalue weighted by Gasteiger charge is -2.23. The Morgan fingerprint density at radius 3 is 2.45 bits per heavy atom. The summed E-state index contributed by atoms with van der Waals surface area (Å²) < 4.78 is 5.20. The van der Waals surface area contributed by atoms with Gasteiger partial charge in [0.25, 0.3) is 0 Å². The van der Waals surface area contributed by atoms with Gasteiger partial charge in [-0.25, -0.2) is 9.97 Å². The summed E-state index contributed by atoms with van der Waals surface area (Å²) in [6.07, 6.45) is 0. The molecule has 0 bridgehead atoms. The van der Waals surface area contributed by atoms with Crippen LogP contribution in [0, 0.1) is 20.8 Å². The molecule has 0 fully saturated rings. The van der Waals surface area contributed by atoms with E-state index in [0.29, 0.717) is 21.9 Å². The predicted octanol–water partition coefficient (Wildman–Crippen LogP) is 5.84. The molecule has 0 radical (unpaired) electrons. The molecule has 33 heavy (non-hydrogen) atoms. The standard InChI is InChI=1S/C24H25N5O2S2/c1-14-10-15(2)21(16(3)11-14)29(17(4)30)24-25-19(13-33-24)12-32-23-26-22(27-28-23)18-6-8-20(31-5)9-7-18/h6-11,13H,12H2,1-5H3,(H,26,27,28). The van der Waals surface area contributed by atoms with Gasteiger partial charge in [-0.2, -0.15) is 0 Å². The average molecular weight is 480 g/mol. The number of H-pyrrole nitrogens is 1. The molecule has 0 unspecified atom stereocenters. The number of nitrogens with one attached hydrogen (secondary N) is 1. The summed E-state index contributed by atoms with van der Waals surface area (Å²) >= 11 is 2.96. The second-order valence-electron chi connectivity index (χ2n) is 7.71. The molecule has 0 atom stereocenters. The summed E-state index contributed by atoms with van der Waals surface area (Å²) in [4.78, 5) is 23.6. The number of aromatic nitrogens is 4. The summed E-state index contributed by atoms with van der Waals surface area (Å²) in [7, 11) is 1.64. The van der Waals surface area contributed by atoms with Crippen molar-refractivity contribution in [3.05, 3.63) is 64.2 Å². The Morgan fingerprint density at radius 2 is 1.82 bits per heavy atom. The van der Waals surface area contributed by atoms with Gasteiger partial charge in [-0.05, 0) is 56.2 Å². The van der Waals surface area contributed by atoms with Crippen LogP contribution in [-0.2, 0) is 10.5 Å². The molecule has 4 rings (SSSR count). The topological polar surface area (TPSA) is 84.0 Å². The predicted molar refractivity (Wildman–Crippen MR) is 134 cm³/mol. The maximum absolute atomic E-state index is 12.6. The largest absolute Gasteiger partial charge is 0.497 e. The monoisotopic (exact) mass is 479 g/mol. The second-order valence-corrected chi connectivity index (χ2v) is 9.49. The molecule has 0 spiro atoms. The summed E-state index contributed by atoms with van der Waals surface area (Å²) in [5.74, 6) is 2.04. The van der Waals surface area contributed by atoms with E-state index in [1.54, 1.807) is 18.9 Å². The molecule has 2 heterocycles. The van der Waals surface area contributed by atoms with E-state index >= 15 is 0 Å². The Morgan fingerprint density at radius 1 is 1.12 bits per heavy atom. The van der Waals surface area contributed by atoms with Crippen LogP contribution in [0.15, 0.2) is 46.9 Å². The maximum atomic E-state index is 12.6. The van der Waals surface area contributed by atoms with E-state index in [-0.39, 0.29) is 5.91 Å². The van der Waals surface area contributed by atoms with Crippen molar-refractivity contribution in [3.63, 3.8) is 0 Å². The van der Waals surface area contributed by atoms with Crippen LogP contribution >= 0.6 is 23.1 Å². The van der Waals surface area contributed by atoms with Crippen molar-refractivity contribution in [3.8, 4) is 17.1 Å². The average Bonchev–Trinajstić information content (AvgIpc) is 3.44. The van der Waals surface area contributed by atoms with Crippen molar-refractivity contribution in [1.29, 1.82) is 0 Å². The van der Waals surface area contributed by atoms with Crippen molar-refractivity contribution in [2.24, 2.45) is 0 Å². The van der Waals surface area contributed by atoms with E-state index in [1.807, 2.05) is 43.5 Å². The van der Waals surface area contributed by atoms with E-state index < -0.39 is 0 Å². The van der Waals surface area contributed by atoms with Gasteiger partial charge in [0.05, 0.1) is 18.5 Å². The first-order valence-electron chi connectivity index (χ1n) is 10.4. The van der Waals surface area contributed by atoms with E-state index in [9.17, 15) is 4.79 Å². The summed E-state index contributed by atoms with van der Waals surface area (Å²) in [6, 6.07) is 11.8. The number of amides is 1. The van der Waals surface area contributed by atoms with E-state index in [4.69, 9.17) is 9.72 Å².